The lowest BCUT2D eigenvalue weighted by Gasteiger charge is -2.27. The third kappa shape index (κ3) is 2.74. The normalized spacial score (nSPS) is 14.8. The number of aryl methyl sites for hydroxylation is 1. The Labute approximate surface area is 125 Å². The van der Waals surface area contributed by atoms with Crippen molar-refractivity contribution >= 4 is 0 Å². The fourth-order valence-corrected chi connectivity index (χ4v) is 2.83. The van der Waals surface area contributed by atoms with Gasteiger partial charge in [0.25, 0.3) is 0 Å². The predicted octanol–water partition coefficient (Wildman–Crippen LogP) is 3.47. The molecule has 2 aromatic rings. The van der Waals surface area contributed by atoms with E-state index < -0.39 is 0 Å². The van der Waals surface area contributed by atoms with Gasteiger partial charge in [-0.25, -0.2) is 0 Å². The van der Waals surface area contributed by atoms with E-state index in [0.717, 1.165) is 23.6 Å². The zero-order chi connectivity index (χ0) is 14.7. The van der Waals surface area contributed by atoms with Crippen molar-refractivity contribution < 1.29 is 9.47 Å². The molecular formula is C18H21NO2. The van der Waals surface area contributed by atoms with Crippen LogP contribution in [-0.4, -0.2) is 19.8 Å². The molecule has 0 aromatic heterocycles. The van der Waals surface area contributed by atoms with Crippen LogP contribution in [0.25, 0.3) is 0 Å². The van der Waals surface area contributed by atoms with Crippen LogP contribution in [0.4, 0.5) is 0 Å². The van der Waals surface area contributed by atoms with Crippen LogP contribution in [0, 0.1) is 6.92 Å². The van der Waals surface area contributed by atoms with Crippen LogP contribution in [0.3, 0.4) is 0 Å². The van der Waals surface area contributed by atoms with Crippen LogP contribution in [0.2, 0.25) is 0 Å². The van der Waals surface area contributed by atoms with Crippen LogP contribution >= 0.6 is 0 Å². The first kappa shape index (κ1) is 14.0. The molecule has 21 heavy (non-hydrogen) atoms. The Morgan fingerprint density at radius 3 is 2.57 bits per heavy atom. The molecule has 1 unspecified atom stereocenters. The van der Waals surface area contributed by atoms with Crippen molar-refractivity contribution in [1.29, 1.82) is 0 Å². The van der Waals surface area contributed by atoms with Gasteiger partial charge in [-0.15, -0.1) is 0 Å². The largest absolute Gasteiger partial charge is 0.486 e. The van der Waals surface area contributed by atoms with Crippen molar-refractivity contribution in [3.05, 3.63) is 59.2 Å². The van der Waals surface area contributed by atoms with Crippen molar-refractivity contribution in [1.82, 2.24) is 5.32 Å². The number of hydrogen-bond donors (Lipinski definition) is 1. The van der Waals surface area contributed by atoms with Crippen molar-refractivity contribution in [2.24, 2.45) is 0 Å². The van der Waals surface area contributed by atoms with E-state index in [2.05, 4.69) is 49.5 Å². The predicted molar refractivity (Wildman–Crippen MR) is 84.1 cm³/mol. The van der Waals surface area contributed by atoms with Crippen LogP contribution in [0.1, 0.15) is 29.7 Å². The highest BCUT2D eigenvalue weighted by Gasteiger charge is 2.23. The molecule has 3 heteroatoms. The second-order valence-corrected chi connectivity index (χ2v) is 5.22. The van der Waals surface area contributed by atoms with Gasteiger partial charge in [-0.3, -0.25) is 0 Å². The summed E-state index contributed by atoms with van der Waals surface area (Å²) >= 11 is 0. The zero-order valence-corrected chi connectivity index (χ0v) is 12.6. The quantitative estimate of drug-likeness (QED) is 0.932. The van der Waals surface area contributed by atoms with Crippen LogP contribution in [0.15, 0.2) is 42.5 Å². The van der Waals surface area contributed by atoms with E-state index in [1.807, 2.05) is 12.1 Å². The van der Waals surface area contributed by atoms with Gasteiger partial charge < -0.3 is 14.8 Å². The maximum Gasteiger partial charge on any atom is 0.166 e. The molecule has 0 amide bonds. The molecule has 0 bridgehead atoms. The topological polar surface area (TPSA) is 30.5 Å². The van der Waals surface area contributed by atoms with E-state index in [0.29, 0.717) is 13.2 Å². The number of ether oxygens (including phenoxy) is 2. The number of benzene rings is 2. The SMILES string of the molecule is CCNC(c1ccccc1C)c1cccc2c1OCCO2. The Morgan fingerprint density at radius 2 is 1.76 bits per heavy atom. The monoisotopic (exact) mass is 283 g/mol. The lowest BCUT2D eigenvalue weighted by atomic mass is 9.94. The first-order valence-corrected chi connectivity index (χ1v) is 7.48. The van der Waals surface area contributed by atoms with Crippen molar-refractivity contribution in [3.63, 3.8) is 0 Å². The molecule has 0 radical (unpaired) electrons. The first-order valence-electron chi connectivity index (χ1n) is 7.48. The molecule has 0 saturated carbocycles. The van der Waals surface area contributed by atoms with Gasteiger partial charge in [0.15, 0.2) is 11.5 Å². The van der Waals surface area contributed by atoms with E-state index in [1.54, 1.807) is 0 Å². The molecule has 1 aliphatic heterocycles. The van der Waals surface area contributed by atoms with Gasteiger partial charge in [-0.1, -0.05) is 43.3 Å². The Hall–Kier alpha value is -2.00. The Balaban J connectivity index is 2.08. The van der Waals surface area contributed by atoms with Gasteiger partial charge in [-0.05, 0) is 30.7 Å². The number of hydrogen-bond acceptors (Lipinski definition) is 3. The van der Waals surface area contributed by atoms with E-state index in [9.17, 15) is 0 Å². The smallest absolute Gasteiger partial charge is 0.166 e. The van der Waals surface area contributed by atoms with E-state index in [1.165, 1.54) is 11.1 Å². The van der Waals surface area contributed by atoms with Gasteiger partial charge in [0, 0.05) is 5.56 Å². The summed E-state index contributed by atoms with van der Waals surface area (Å²) < 4.78 is 11.6. The lowest BCUT2D eigenvalue weighted by molar-refractivity contribution is 0.169. The van der Waals surface area contributed by atoms with E-state index in [-0.39, 0.29) is 6.04 Å². The minimum atomic E-state index is 0.118. The Bertz CT molecular complexity index is 624. The standard InChI is InChI=1S/C18H21NO2/c1-3-19-17(14-8-5-4-7-13(14)2)15-9-6-10-16-18(15)21-12-11-20-16/h4-10,17,19H,3,11-12H2,1-2H3. The molecule has 0 aliphatic carbocycles. The van der Waals surface area contributed by atoms with Crippen molar-refractivity contribution in [3.8, 4) is 11.5 Å². The van der Waals surface area contributed by atoms with Crippen molar-refractivity contribution in [2.75, 3.05) is 19.8 Å². The molecular weight excluding hydrogens is 262 g/mol. The summed E-state index contributed by atoms with van der Waals surface area (Å²) in [6.07, 6.45) is 0. The number of nitrogens with one attached hydrogen (secondary N) is 1. The Kier molecular flexibility index (Phi) is 4.11. The molecule has 0 fully saturated rings. The highest BCUT2D eigenvalue weighted by Crippen LogP contribution is 2.39. The summed E-state index contributed by atoms with van der Waals surface area (Å²) in [6.45, 7) is 6.39. The molecule has 3 nitrogen and oxygen atoms in total. The molecule has 2 aromatic carbocycles. The maximum absolute atomic E-state index is 5.88. The fraction of sp³-hybridized carbons (Fsp3) is 0.333. The summed E-state index contributed by atoms with van der Waals surface area (Å²) in [5, 5.41) is 3.57. The molecule has 1 N–H and O–H groups in total. The highest BCUT2D eigenvalue weighted by molar-refractivity contribution is 5.52. The third-order valence-electron chi connectivity index (χ3n) is 3.82. The highest BCUT2D eigenvalue weighted by atomic mass is 16.6. The second-order valence-electron chi connectivity index (χ2n) is 5.22. The molecule has 3 rings (SSSR count). The lowest BCUT2D eigenvalue weighted by Crippen LogP contribution is -2.25. The summed E-state index contributed by atoms with van der Waals surface area (Å²) in [7, 11) is 0. The van der Waals surface area contributed by atoms with Gasteiger partial charge in [-0.2, -0.15) is 0 Å². The van der Waals surface area contributed by atoms with Gasteiger partial charge in [0.05, 0.1) is 6.04 Å². The third-order valence-corrected chi connectivity index (χ3v) is 3.82. The summed E-state index contributed by atoms with van der Waals surface area (Å²) in [5.41, 5.74) is 3.70. The average molecular weight is 283 g/mol. The summed E-state index contributed by atoms with van der Waals surface area (Å²) in [6, 6.07) is 14.7. The molecule has 1 heterocycles. The van der Waals surface area contributed by atoms with Crippen molar-refractivity contribution in [2.45, 2.75) is 19.9 Å². The first-order chi connectivity index (χ1) is 10.3. The average Bonchev–Trinajstić information content (AvgIpc) is 2.53. The minimum absolute atomic E-state index is 0.118. The number of para-hydroxylation sites is 1. The Morgan fingerprint density at radius 1 is 1.00 bits per heavy atom. The molecule has 110 valence electrons. The molecule has 0 saturated heterocycles. The molecule has 0 spiro atoms. The van der Waals surface area contributed by atoms with E-state index >= 15 is 0 Å². The van der Waals surface area contributed by atoms with Gasteiger partial charge in [0.2, 0.25) is 0 Å². The zero-order valence-electron chi connectivity index (χ0n) is 12.6. The van der Waals surface area contributed by atoms with Crippen LogP contribution < -0.4 is 14.8 Å². The summed E-state index contributed by atoms with van der Waals surface area (Å²) in [5.74, 6) is 1.72. The second kappa shape index (κ2) is 6.19. The van der Waals surface area contributed by atoms with Gasteiger partial charge in [0.1, 0.15) is 13.2 Å². The fourth-order valence-electron chi connectivity index (χ4n) is 2.83. The van der Waals surface area contributed by atoms with Crippen LogP contribution in [0.5, 0.6) is 11.5 Å². The summed E-state index contributed by atoms with van der Waals surface area (Å²) in [4.78, 5) is 0. The van der Waals surface area contributed by atoms with E-state index in [4.69, 9.17) is 9.47 Å². The molecule has 1 atom stereocenters. The van der Waals surface area contributed by atoms with Crippen LogP contribution in [-0.2, 0) is 0 Å². The number of fused-ring (bicyclic) bond motifs is 1. The maximum atomic E-state index is 5.88. The molecule has 1 aliphatic rings. The number of rotatable bonds is 4. The minimum Gasteiger partial charge on any atom is -0.486 e. The van der Waals surface area contributed by atoms with Gasteiger partial charge >= 0.3 is 0 Å².